The predicted molar refractivity (Wildman–Crippen MR) is 80.2 cm³/mol. The Labute approximate surface area is 117 Å². The van der Waals surface area contributed by atoms with Crippen LogP contribution in [0.2, 0.25) is 0 Å². The van der Waals surface area contributed by atoms with Crippen molar-refractivity contribution < 1.29 is 9.47 Å². The summed E-state index contributed by atoms with van der Waals surface area (Å²) in [5.41, 5.74) is 0. The Kier molecular flexibility index (Phi) is 5.04. The minimum Gasteiger partial charge on any atom is -0.494 e. The Morgan fingerprint density at radius 1 is 0.789 bits per heavy atom. The molecule has 0 atom stereocenters. The van der Waals surface area contributed by atoms with Gasteiger partial charge in [0.1, 0.15) is 21.0 Å². The van der Waals surface area contributed by atoms with Crippen molar-refractivity contribution in [2.45, 2.75) is 13.8 Å². The Morgan fingerprint density at radius 3 is 1.68 bits per heavy atom. The summed E-state index contributed by atoms with van der Waals surface area (Å²) in [6, 6.07) is 16.6. The van der Waals surface area contributed by atoms with Crippen LogP contribution in [0.3, 0.4) is 0 Å². The standard InChI is InChI=1S/C16H18O2Si/c1-3-17-13-7-5-9-15(11-13)19-16-10-6-8-14(12-16)18-4-2/h5-12H,3-4H2,1-2H3. The average Bonchev–Trinajstić information content (AvgIpc) is 2.40. The fraction of sp³-hybridized carbons (Fsp3) is 0.250. The summed E-state index contributed by atoms with van der Waals surface area (Å²) in [4.78, 5) is 0. The molecule has 0 aliphatic heterocycles. The SMILES string of the molecule is CCOc1cccc([Si]c2cccc(OCC)c2)c1. The first-order valence-electron chi connectivity index (χ1n) is 6.54. The summed E-state index contributed by atoms with van der Waals surface area (Å²) in [6.45, 7) is 5.40. The van der Waals surface area contributed by atoms with Gasteiger partial charge in [-0.15, -0.1) is 0 Å². The van der Waals surface area contributed by atoms with E-state index in [2.05, 4.69) is 24.3 Å². The highest BCUT2D eigenvalue weighted by Crippen LogP contribution is 2.08. The van der Waals surface area contributed by atoms with Crippen LogP contribution in [0, 0.1) is 0 Å². The van der Waals surface area contributed by atoms with E-state index < -0.39 is 0 Å². The molecule has 0 heterocycles. The fourth-order valence-corrected chi connectivity index (χ4v) is 2.95. The molecule has 0 aliphatic rings. The molecule has 0 fully saturated rings. The first kappa shape index (κ1) is 13.7. The van der Waals surface area contributed by atoms with Gasteiger partial charge in [-0.05, 0) is 38.1 Å². The third kappa shape index (κ3) is 4.14. The van der Waals surface area contributed by atoms with Crippen molar-refractivity contribution in [1.29, 1.82) is 0 Å². The van der Waals surface area contributed by atoms with Crippen LogP contribution in [0.5, 0.6) is 11.5 Å². The molecule has 0 aliphatic carbocycles. The van der Waals surface area contributed by atoms with Gasteiger partial charge in [0.2, 0.25) is 0 Å². The largest absolute Gasteiger partial charge is 0.494 e. The molecule has 0 unspecified atom stereocenters. The molecule has 2 nitrogen and oxygen atoms in total. The van der Waals surface area contributed by atoms with Crippen molar-refractivity contribution in [1.82, 2.24) is 0 Å². The third-order valence-electron chi connectivity index (χ3n) is 2.58. The molecule has 3 heteroatoms. The highest BCUT2D eigenvalue weighted by molar-refractivity contribution is 6.67. The van der Waals surface area contributed by atoms with Crippen LogP contribution in [0.1, 0.15) is 13.8 Å². The molecule has 0 N–H and O–H groups in total. The highest BCUT2D eigenvalue weighted by atomic mass is 28.2. The van der Waals surface area contributed by atoms with Crippen molar-refractivity contribution in [3.05, 3.63) is 48.5 Å². The molecular formula is C16H18O2Si. The Bertz CT molecular complexity index is 478. The molecule has 2 aromatic carbocycles. The van der Waals surface area contributed by atoms with E-state index in [1.807, 2.05) is 38.1 Å². The van der Waals surface area contributed by atoms with Crippen LogP contribution >= 0.6 is 0 Å². The normalized spacial score (nSPS) is 10.2. The lowest BCUT2D eigenvalue weighted by molar-refractivity contribution is 0.340. The molecule has 2 radical (unpaired) electrons. The van der Waals surface area contributed by atoms with Crippen molar-refractivity contribution in [2.75, 3.05) is 13.2 Å². The van der Waals surface area contributed by atoms with E-state index in [1.54, 1.807) is 0 Å². The zero-order valence-electron chi connectivity index (χ0n) is 11.3. The number of ether oxygens (including phenoxy) is 2. The van der Waals surface area contributed by atoms with Gasteiger partial charge in [-0.3, -0.25) is 0 Å². The topological polar surface area (TPSA) is 18.5 Å². The molecule has 19 heavy (non-hydrogen) atoms. The molecule has 2 aromatic rings. The van der Waals surface area contributed by atoms with E-state index in [4.69, 9.17) is 9.47 Å². The quantitative estimate of drug-likeness (QED) is 0.749. The minimum absolute atomic E-state index is 0.618. The van der Waals surface area contributed by atoms with Crippen LogP contribution in [0.15, 0.2) is 48.5 Å². The van der Waals surface area contributed by atoms with Gasteiger partial charge in [-0.2, -0.15) is 0 Å². The lowest BCUT2D eigenvalue weighted by atomic mass is 10.3. The zero-order valence-corrected chi connectivity index (χ0v) is 12.3. The predicted octanol–water partition coefficient (Wildman–Crippen LogP) is 2.14. The van der Waals surface area contributed by atoms with Gasteiger partial charge >= 0.3 is 0 Å². The summed E-state index contributed by atoms with van der Waals surface area (Å²) < 4.78 is 11.1. The number of hydrogen-bond acceptors (Lipinski definition) is 2. The van der Waals surface area contributed by atoms with Gasteiger partial charge in [0.25, 0.3) is 0 Å². The van der Waals surface area contributed by atoms with Gasteiger partial charge in [0.15, 0.2) is 0 Å². The molecule has 2 rings (SSSR count). The van der Waals surface area contributed by atoms with Gasteiger partial charge in [0, 0.05) is 0 Å². The van der Waals surface area contributed by atoms with Gasteiger partial charge in [0.05, 0.1) is 13.2 Å². The molecule has 0 saturated carbocycles. The smallest absolute Gasteiger partial charge is 0.121 e. The van der Waals surface area contributed by atoms with Crippen LogP contribution in [0.25, 0.3) is 0 Å². The minimum atomic E-state index is 0.618. The molecule has 0 aromatic heterocycles. The first-order valence-corrected chi connectivity index (χ1v) is 7.54. The van der Waals surface area contributed by atoms with Crippen LogP contribution in [-0.2, 0) is 0 Å². The maximum absolute atomic E-state index is 5.53. The van der Waals surface area contributed by atoms with Crippen LogP contribution in [-0.4, -0.2) is 22.7 Å². The molecule has 98 valence electrons. The Morgan fingerprint density at radius 2 is 1.26 bits per heavy atom. The van der Waals surface area contributed by atoms with E-state index in [1.165, 1.54) is 10.4 Å². The van der Waals surface area contributed by atoms with Crippen molar-refractivity contribution in [3.63, 3.8) is 0 Å². The molecule has 0 saturated heterocycles. The Hall–Kier alpha value is -1.74. The van der Waals surface area contributed by atoms with E-state index in [0.717, 1.165) is 11.5 Å². The summed E-state index contributed by atoms with van der Waals surface area (Å²) in [5, 5.41) is 2.55. The molecule has 0 amide bonds. The fourth-order valence-electron chi connectivity index (χ4n) is 1.83. The molecular weight excluding hydrogens is 252 g/mol. The van der Waals surface area contributed by atoms with E-state index in [9.17, 15) is 0 Å². The van der Waals surface area contributed by atoms with Crippen molar-refractivity contribution in [3.8, 4) is 11.5 Å². The lowest BCUT2D eigenvalue weighted by Gasteiger charge is -2.07. The molecule has 0 bridgehead atoms. The summed E-state index contributed by atoms with van der Waals surface area (Å²) >= 11 is 0. The summed E-state index contributed by atoms with van der Waals surface area (Å²) in [5.74, 6) is 1.88. The highest BCUT2D eigenvalue weighted by Gasteiger charge is 2.02. The summed E-state index contributed by atoms with van der Waals surface area (Å²) in [6.07, 6.45) is 0. The Balaban J connectivity index is 2.11. The third-order valence-corrected chi connectivity index (χ3v) is 3.78. The molecule has 0 spiro atoms. The number of rotatable bonds is 6. The van der Waals surface area contributed by atoms with Gasteiger partial charge < -0.3 is 9.47 Å². The van der Waals surface area contributed by atoms with Crippen LogP contribution in [0.4, 0.5) is 0 Å². The van der Waals surface area contributed by atoms with Gasteiger partial charge in [-0.25, -0.2) is 0 Å². The second-order valence-electron chi connectivity index (χ2n) is 4.05. The van der Waals surface area contributed by atoms with E-state index in [0.29, 0.717) is 22.7 Å². The maximum atomic E-state index is 5.53. The van der Waals surface area contributed by atoms with Gasteiger partial charge in [-0.1, -0.05) is 34.6 Å². The first-order chi connectivity index (χ1) is 9.31. The second-order valence-corrected chi connectivity index (χ2v) is 5.45. The van der Waals surface area contributed by atoms with E-state index >= 15 is 0 Å². The monoisotopic (exact) mass is 270 g/mol. The summed E-state index contributed by atoms with van der Waals surface area (Å²) in [7, 11) is 0.618. The lowest BCUT2D eigenvalue weighted by Crippen LogP contribution is -2.26. The van der Waals surface area contributed by atoms with E-state index in [-0.39, 0.29) is 0 Å². The van der Waals surface area contributed by atoms with Crippen molar-refractivity contribution >= 4 is 19.9 Å². The number of hydrogen-bond donors (Lipinski definition) is 0. The van der Waals surface area contributed by atoms with Crippen molar-refractivity contribution in [2.24, 2.45) is 0 Å². The number of benzene rings is 2. The maximum Gasteiger partial charge on any atom is 0.121 e. The van der Waals surface area contributed by atoms with Crippen LogP contribution < -0.4 is 19.8 Å². The average molecular weight is 270 g/mol. The zero-order chi connectivity index (χ0) is 13.5. The second kappa shape index (κ2) is 7.00.